The minimum absolute atomic E-state index is 0.748. The number of fused-ring (bicyclic) bond motifs is 1. The highest BCUT2D eigenvalue weighted by Crippen LogP contribution is 2.27. The van der Waals surface area contributed by atoms with E-state index in [9.17, 15) is 0 Å². The van der Waals surface area contributed by atoms with Gasteiger partial charge in [0.2, 0.25) is 5.95 Å². The quantitative estimate of drug-likeness (QED) is 0.408. The number of anilines is 3. The van der Waals surface area contributed by atoms with E-state index in [1.807, 2.05) is 60.7 Å². The van der Waals surface area contributed by atoms with E-state index < -0.39 is 0 Å². The Hall–Kier alpha value is -4.47. The van der Waals surface area contributed by atoms with E-state index in [1.54, 1.807) is 11.0 Å². The lowest BCUT2D eigenvalue weighted by atomic mass is 10.2. The second-order valence-corrected chi connectivity index (χ2v) is 8.63. The maximum atomic E-state index is 4.61. The van der Waals surface area contributed by atoms with Gasteiger partial charge in [-0.15, -0.1) is 0 Å². The molecule has 1 fully saturated rings. The molecule has 0 unspecified atom stereocenters. The lowest BCUT2D eigenvalue weighted by Crippen LogP contribution is -2.47. The van der Waals surface area contributed by atoms with Crippen molar-refractivity contribution in [3.05, 3.63) is 79.3 Å². The van der Waals surface area contributed by atoms with Crippen LogP contribution in [0.3, 0.4) is 0 Å². The fourth-order valence-electron chi connectivity index (χ4n) is 4.38. The summed E-state index contributed by atoms with van der Waals surface area (Å²) in [5, 5.41) is 12.1. The summed E-state index contributed by atoms with van der Waals surface area (Å²) in [5.41, 5.74) is 5.27. The van der Waals surface area contributed by atoms with E-state index in [2.05, 4.69) is 58.5 Å². The monoisotopic (exact) mass is 466 g/mol. The normalized spacial score (nSPS) is 14.0. The smallest absolute Gasteiger partial charge is 0.225 e. The second-order valence-electron chi connectivity index (χ2n) is 8.63. The highest BCUT2D eigenvalue weighted by Gasteiger charge is 2.22. The van der Waals surface area contributed by atoms with E-state index in [1.165, 1.54) is 5.56 Å². The Labute approximate surface area is 202 Å². The molecule has 4 aromatic heterocycles. The first-order valence-electron chi connectivity index (χ1n) is 11.6. The number of nitrogens with zero attached hydrogens (tertiary/aromatic N) is 9. The summed E-state index contributed by atoms with van der Waals surface area (Å²) in [4.78, 5) is 18.3. The minimum Gasteiger partial charge on any atom is -0.378 e. The van der Waals surface area contributed by atoms with E-state index in [0.29, 0.717) is 0 Å². The molecule has 1 N–H and O–H groups in total. The molecule has 6 rings (SSSR count). The fourth-order valence-corrected chi connectivity index (χ4v) is 4.38. The summed E-state index contributed by atoms with van der Waals surface area (Å²) in [6, 6.07) is 12.4. The van der Waals surface area contributed by atoms with E-state index >= 15 is 0 Å². The van der Waals surface area contributed by atoms with Crippen LogP contribution in [-0.4, -0.2) is 60.5 Å². The molecule has 0 atom stereocenters. The topological polar surface area (TPSA) is 92.3 Å². The number of rotatable bonds is 6. The van der Waals surface area contributed by atoms with Crippen LogP contribution in [0.15, 0.2) is 73.7 Å². The predicted molar refractivity (Wildman–Crippen MR) is 135 cm³/mol. The van der Waals surface area contributed by atoms with Gasteiger partial charge in [0.1, 0.15) is 11.8 Å². The molecule has 0 amide bonds. The summed E-state index contributed by atoms with van der Waals surface area (Å²) in [7, 11) is 1.92. The van der Waals surface area contributed by atoms with Crippen molar-refractivity contribution in [2.45, 2.75) is 6.54 Å². The van der Waals surface area contributed by atoms with E-state index in [-0.39, 0.29) is 0 Å². The number of benzene rings is 1. The van der Waals surface area contributed by atoms with Crippen LogP contribution >= 0.6 is 0 Å². The van der Waals surface area contributed by atoms with Gasteiger partial charge in [0, 0.05) is 63.3 Å². The van der Waals surface area contributed by atoms with Crippen molar-refractivity contribution in [3.63, 3.8) is 0 Å². The third kappa shape index (κ3) is 4.37. The third-order valence-corrected chi connectivity index (χ3v) is 6.26. The molecule has 35 heavy (non-hydrogen) atoms. The van der Waals surface area contributed by atoms with Crippen molar-refractivity contribution in [1.29, 1.82) is 0 Å². The summed E-state index contributed by atoms with van der Waals surface area (Å²) < 4.78 is 3.69. The summed E-state index contributed by atoms with van der Waals surface area (Å²) >= 11 is 0. The lowest BCUT2D eigenvalue weighted by molar-refractivity contribution is 0.633. The third-order valence-electron chi connectivity index (χ3n) is 6.26. The van der Waals surface area contributed by atoms with Gasteiger partial charge >= 0.3 is 0 Å². The Morgan fingerprint density at radius 1 is 0.829 bits per heavy atom. The Morgan fingerprint density at radius 3 is 2.34 bits per heavy atom. The maximum Gasteiger partial charge on any atom is 0.225 e. The molecule has 0 radical (unpaired) electrons. The molecule has 1 aromatic carbocycles. The van der Waals surface area contributed by atoms with Crippen LogP contribution in [0.4, 0.5) is 17.5 Å². The fraction of sp³-hybridized carbons (Fsp3) is 0.240. The predicted octanol–water partition coefficient (Wildman–Crippen LogP) is 2.86. The Balaban J connectivity index is 1.11. The van der Waals surface area contributed by atoms with Gasteiger partial charge in [0.15, 0.2) is 5.82 Å². The van der Waals surface area contributed by atoms with Crippen molar-refractivity contribution in [1.82, 2.24) is 34.3 Å². The molecule has 5 aromatic rings. The van der Waals surface area contributed by atoms with Gasteiger partial charge in [-0.3, -0.25) is 4.68 Å². The minimum atomic E-state index is 0.748. The van der Waals surface area contributed by atoms with Gasteiger partial charge in [0.05, 0.1) is 24.3 Å². The number of aryl methyl sites for hydroxylation is 1. The largest absolute Gasteiger partial charge is 0.378 e. The molecule has 0 spiro atoms. The van der Waals surface area contributed by atoms with Crippen molar-refractivity contribution in [2.24, 2.45) is 7.05 Å². The Morgan fingerprint density at radius 2 is 1.60 bits per heavy atom. The van der Waals surface area contributed by atoms with Crippen LogP contribution in [0, 0.1) is 0 Å². The standard InChI is InChI=1S/C25H26N10/c1-32-16-21(13-30-32)20-11-23-24(29-18-31-35(23)17-20)33-7-9-34(10-8-33)25-27-14-22(15-28-25)26-12-19-5-3-2-4-6-19/h2-6,11,13-18,26H,7-10,12H2,1H3. The average molecular weight is 467 g/mol. The highest BCUT2D eigenvalue weighted by atomic mass is 15.4. The first-order valence-corrected chi connectivity index (χ1v) is 11.6. The van der Waals surface area contributed by atoms with Gasteiger partial charge in [-0.2, -0.15) is 10.2 Å². The number of hydrogen-bond acceptors (Lipinski definition) is 8. The average Bonchev–Trinajstić information content (AvgIpc) is 3.55. The van der Waals surface area contributed by atoms with Crippen LogP contribution in [-0.2, 0) is 13.6 Å². The van der Waals surface area contributed by atoms with Crippen molar-refractivity contribution in [3.8, 4) is 11.1 Å². The summed E-state index contributed by atoms with van der Waals surface area (Å²) in [6.07, 6.45) is 11.2. The van der Waals surface area contributed by atoms with Crippen molar-refractivity contribution < 1.29 is 0 Å². The van der Waals surface area contributed by atoms with Crippen molar-refractivity contribution >= 4 is 23.0 Å². The van der Waals surface area contributed by atoms with Crippen LogP contribution in [0.25, 0.3) is 16.6 Å². The van der Waals surface area contributed by atoms with Gasteiger partial charge < -0.3 is 15.1 Å². The number of nitrogens with one attached hydrogen (secondary N) is 1. The van der Waals surface area contributed by atoms with Gasteiger partial charge in [-0.1, -0.05) is 30.3 Å². The molecule has 0 bridgehead atoms. The molecule has 0 aliphatic carbocycles. The van der Waals surface area contributed by atoms with Crippen LogP contribution < -0.4 is 15.1 Å². The van der Waals surface area contributed by atoms with Crippen molar-refractivity contribution in [2.75, 3.05) is 41.3 Å². The summed E-state index contributed by atoms with van der Waals surface area (Å²) in [6.45, 7) is 4.05. The number of aromatic nitrogens is 7. The van der Waals surface area contributed by atoms with Crippen LogP contribution in [0.1, 0.15) is 5.56 Å². The SMILES string of the molecule is Cn1cc(-c2cc3c(N4CCN(c5ncc(NCc6ccccc6)cn5)CC4)ncnn3c2)cn1. The molecule has 10 nitrogen and oxygen atoms in total. The molecule has 1 aliphatic heterocycles. The van der Waals surface area contributed by atoms with Crippen LogP contribution in [0.2, 0.25) is 0 Å². The molecule has 10 heteroatoms. The molecule has 1 aliphatic rings. The first-order chi connectivity index (χ1) is 17.2. The molecular formula is C25H26N10. The second kappa shape index (κ2) is 9.05. The number of hydrogen-bond donors (Lipinski definition) is 1. The Kier molecular flexibility index (Phi) is 5.45. The zero-order chi connectivity index (χ0) is 23.6. The molecular weight excluding hydrogens is 440 g/mol. The van der Waals surface area contributed by atoms with E-state index in [4.69, 9.17) is 0 Å². The maximum absolute atomic E-state index is 4.61. The zero-order valence-electron chi connectivity index (χ0n) is 19.5. The Bertz CT molecular complexity index is 1420. The van der Waals surface area contributed by atoms with Gasteiger partial charge in [0.25, 0.3) is 0 Å². The highest BCUT2D eigenvalue weighted by molar-refractivity contribution is 5.77. The van der Waals surface area contributed by atoms with Crippen LogP contribution in [0.5, 0.6) is 0 Å². The van der Waals surface area contributed by atoms with Gasteiger partial charge in [-0.25, -0.2) is 19.5 Å². The molecule has 176 valence electrons. The first kappa shape index (κ1) is 21.1. The van der Waals surface area contributed by atoms with E-state index in [0.717, 1.165) is 66.8 Å². The molecule has 1 saturated heterocycles. The van der Waals surface area contributed by atoms with Gasteiger partial charge in [-0.05, 0) is 11.6 Å². The zero-order valence-corrected chi connectivity index (χ0v) is 19.5. The molecule has 0 saturated carbocycles. The summed E-state index contributed by atoms with van der Waals surface area (Å²) in [5.74, 6) is 1.69. The lowest BCUT2D eigenvalue weighted by Gasteiger charge is -2.35. The molecule has 5 heterocycles. The number of piperazine rings is 1.